The number of carbonyl (C=O) groups is 2. The number of nitrogens with zero attached hydrogens (tertiary/aromatic N) is 2. The Morgan fingerprint density at radius 1 is 0.825 bits per heavy atom. The van der Waals surface area contributed by atoms with Crippen molar-refractivity contribution in [2.45, 2.75) is 27.4 Å². The number of rotatable bonds is 8. The second-order valence-corrected chi connectivity index (χ2v) is 8.41. The third-order valence-electron chi connectivity index (χ3n) is 5.65. The number of ether oxygens (including phenoxy) is 1. The van der Waals surface area contributed by atoms with Crippen molar-refractivity contribution in [3.05, 3.63) is 95.6 Å². The third-order valence-corrected chi connectivity index (χ3v) is 5.65. The number of hydrogen-bond donors (Lipinski definition) is 4. The Hall–Kier alpha value is -3.54. The molecule has 210 valence electrons. The van der Waals surface area contributed by atoms with E-state index in [4.69, 9.17) is 14.9 Å². The number of benzene rings is 2. The summed E-state index contributed by atoms with van der Waals surface area (Å²) in [5, 5.41) is 24.4. The molecule has 4 rings (SSSR count). The average molecular weight is 561 g/mol. The van der Waals surface area contributed by atoms with Crippen LogP contribution in [0, 0.1) is 0 Å². The van der Waals surface area contributed by atoms with Crippen molar-refractivity contribution in [1.29, 1.82) is 0 Å². The monoisotopic (exact) mass is 560 g/mol. The van der Waals surface area contributed by atoms with Crippen LogP contribution < -0.4 is 40.2 Å². The van der Waals surface area contributed by atoms with E-state index in [1.165, 1.54) is 12.7 Å². The van der Waals surface area contributed by atoms with Crippen molar-refractivity contribution in [2.24, 2.45) is 14.1 Å². The van der Waals surface area contributed by atoms with Crippen LogP contribution in [0.5, 0.6) is 0 Å². The quantitative estimate of drug-likeness (QED) is 0.190. The van der Waals surface area contributed by atoms with Crippen LogP contribution in [0.3, 0.4) is 0 Å². The van der Waals surface area contributed by atoms with Crippen LogP contribution in [0.15, 0.2) is 73.1 Å². The van der Waals surface area contributed by atoms with Crippen molar-refractivity contribution < 1.29 is 59.6 Å². The number of carboxylic acid groups (broad SMARTS) is 1. The molecule has 40 heavy (non-hydrogen) atoms. The summed E-state index contributed by atoms with van der Waals surface area (Å²) in [5.41, 5.74) is 6.21. The Bertz CT molecular complexity index is 1380. The summed E-state index contributed by atoms with van der Waals surface area (Å²) < 4.78 is 8.02. The number of hydrogen-bond acceptors (Lipinski definition) is 7. The normalized spacial score (nSPS) is 9.53. The predicted molar refractivity (Wildman–Crippen MR) is 153 cm³/mol. The van der Waals surface area contributed by atoms with Crippen LogP contribution in [0.4, 0.5) is 22.7 Å². The van der Waals surface area contributed by atoms with Gasteiger partial charge in [0.05, 0.1) is 25.1 Å². The maximum absolute atomic E-state index is 11.5. The average Bonchev–Trinajstić information content (AvgIpc) is 3.45. The molecule has 0 unspecified atom stereocenters. The van der Waals surface area contributed by atoms with Crippen LogP contribution in [-0.4, -0.2) is 43.9 Å². The first-order chi connectivity index (χ1) is 17.7. The summed E-state index contributed by atoms with van der Waals surface area (Å²) in [6.07, 6.45) is 4.57. The zero-order valence-electron chi connectivity index (χ0n) is 22.8. The molecule has 0 bridgehead atoms. The number of carbonyl (C=O) groups excluding carboxylic acids is 1. The molecule has 2 aromatic carbocycles. The Morgan fingerprint density at radius 3 is 1.75 bits per heavy atom. The maximum atomic E-state index is 11.5. The molecule has 0 saturated heterocycles. The van der Waals surface area contributed by atoms with E-state index in [1.54, 1.807) is 34.5 Å². The smallest absolute Gasteiger partial charge is 0.870 e. The van der Waals surface area contributed by atoms with Gasteiger partial charge in [-0.15, -0.1) is 0 Å². The van der Waals surface area contributed by atoms with Crippen molar-refractivity contribution in [1.82, 2.24) is 9.13 Å². The summed E-state index contributed by atoms with van der Waals surface area (Å²) in [6.45, 7) is 2.10. The largest absolute Gasteiger partial charge is 1.00 e. The molecule has 4 aromatic rings. The van der Waals surface area contributed by atoms with E-state index in [9.17, 15) is 9.59 Å². The molecule has 0 aliphatic rings. The van der Waals surface area contributed by atoms with E-state index in [1.807, 2.05) is 49.6 Å². The molecule has 0 radical (unpaired) electrons. The second kappa shape index (κ2) is 17.2. The number of aryl methyl sites for hydroxylation is 3. The van der Waals surface area contributed by atoms with Crippen molar-refractivity contribution >= 4 is 34.7 Å². The number of methoxy groups -OCH3 is 1. The minimum absolute atomic E-state index is 0. The zero-order chi connectivity index (χ0) is 26.9. The number of nitrogens with one attached hydrogen (secondary N) is 2. The fraction of sp³-hybridized carbons (Fsp3) is 0.241. The Morgan fingerprint density at radius 2 is 1.30 bits per heavy atom. The van der Waals surface area contributed by atoms with E-state index in [-0.39, 0.29) is 60.7 Å². The molecule has 0 spiro atoms. The summed E-state index contributed by atoms with van der Waals surface area (Å²) >= 11 is 0. The van der Waals surface area contributed by atoms with Crippen LogP contribution in [0.2, 0.25) is 0 Å². The van der Waals surface area contributed by atoms with Gasteiger partial charge in [-0.3, -0.25) is 0 Å². The molecule has 0 aliphatic heterocycles. The molecule has 0 amide bonds. The summed E-state index contributed by atoms with van der Waals surface area (Å²) in [5.74, 6) is -1.30. The molecule has 0 fully saturated rings. The number of carboxylic acids is 1. The van der Waals surface area contributed by atoms with Gasteiger partial charge in [-0.2, -0.15) is 0 Å². The van der Waals surface area contributed by atoms with Gasteiger partial charge < -0.3 is 40.2 Å². The fourth-order valence-electron chi connectivity index (χ4n) is 3.74. The van der Waals surface area contributed by atoms with E-state index >= 15 is 0 Å². The number of aliphatic hydroxyl groups is 1. The van der Waals surface area contributed by atoms with Gasteiger partial charge in [0.15, 0.2) is 0 Å². The topological polar surface area (TPSA) is 148 Å². The van der Waals surface area contributed by atoms with Gasteiger partial charge in [-0.1, -0.05) is 38.6 Å². The van der Waals surface area contributed by atoms with E-state index in [0.717, 1.165) is 29.0 Å². The number of aromatic carboxylic acids is 1. The first-order valence-electron chi connectivity index (χ1n) is 11.7. The molecule has 10 nitrogen and oxygen atoms in total. The molecule has 2 heterocycles. The van der Waals surface area contributed by atoms with Crippen molar-refractivity contribution in [2.75, 3.05) is 17.7 Å². The Labute approximate surface area is 257 Å². The molecule has 0 saturated carbocycles. The molecule has 0 atom stereocenters. The summed E-state index contributed by atoms with van der Waals surface area (Å²) in [7, 11) is 4.88. The van der Waals surface area contributed by atoms with E-state index in [2.05, 4.69) is 29.7 Å². The van der Waals surface area contributed by atoms with Gasteiger partial charge in [-0.25, -0.2) is 9.59 Å². The second-order valence-electron chi connectivity index (χ2n) is 8.41. The van der Waals surface area contributed by atoms with Crippen LogP contribution >= 0.6 is 0 Å². The molecule has 0 aliphatic carbocycles. The molecule has 2 aromatic heterocycles. The number of anilines is 4. The third kappa shape index (κ3) is 9.89. The van der Waals surface area contributed by atoms with Gasteiger partial charge in [0.1, 0.15) is 11.4 Å². The predicted octanol–water partition coefficient (Wildman–Crippen LogP) is 2.54. The summed E-state index contributed by atoms with van der Waals surface area (Å²) in [6, 6.07) is 18.9. The summed E-state index contributed by atoms with van der Waals surface area (Å²) in [4.78, 5) is 22.4. The van der Waals surface area contributed by atoms with Crippen LogP contribution in [0.25, 0.3) is 0 Å². The SMILES string of the molecule is C.CCc1cccc(Nc2cc(C(=O)OC)n(C)c2)c1.Cn1cc(Nc2cccc(CO)c2)cc1C(=O)O.[Na+].[OH-]. The molecular formula is C29H37N4NaO6. The first-order valence-corrected chi connectivity index (χ1v) is 11.7. The standard InChI is InChI=1S/C15H18N2O2.C13H14N2O3.CH4.Na.H2O/c1-4-11-6-5-7-12(8-11)16-13-9-14(15(18)19-3)17(2)10-13;1-15-7-11(6-12(15)13(17)18)14-10-4-2-3-9(5-10)8-16;;;/h5-10,16H,4H2,1-3H3;2-7,14,16H,8H2,1H3,(H,17,18);1H4;;1H2/q;;;+1;/p-1. The van der Waals surface area contributed by atoms with E-state index in [0.29, 0.717) is 11.4 Å². The van der Waals surface area contributed by atoms with Gasteiger partial charge >= 0.3 is 41.5 Å². The maximum Gasteiger partial charge on any atom is 1.00 e. The Kier molecular flexibility index (Phi) is 15.7. The van der Waals surface area contributed by atoms with Crippen molar-refractivity contribution in [3.8, 4) is 0 Å². The number of esters is 1. The first kappa shape index (κ1) is 36.5. The molecular weight excluding hydrogens is 523 g/mol. The van der Waals surface area contributed by atoms with Crippen LogP contribution in [0.1, 0.15) is 46.5 Å². The minimum Gasteiger partial charge on any atom is -0.870 e. The van der Waals surface area contributed by atoms with E-state index < -0.39 is 5.97 Å². The number of aromatic nitrogens is 2. The Balaban J connectivity index is 0.000000708. The van der Waals surface area contributed by atoms with Crippen LogP contribution in [-0.2, 0) is 31.9 Å². The number of aliphatic hydroxyl groups excluding tert-OH is 1. The van der Waals surface area contributed by atoms with Gasteiger partial charge in [0.2, 0.25) is 0 Å². The van der Waals surface area contributed by atoms with Gasteiger partial charge in [0, 0.05) is 37.9 Å². The minimum atomic E-state index is -0.963. The van der Waals surface area contributed by atoms with Gasteiger partial charge in [0.25, 0.3) is 0 Å². The van der Waals surface area contributed by atoms with Crippen molar-refractivity contribution in [3.63, 3.8) is 0 Å². The van der Waals surface area contributed by atoms with Gasteiger partial charge in [-0.05, 0) is 53.9 Å². The fourth-order valence-corrected chi connectivity index (χ4v) is 3.74. The molecule has 11 heteroatoms. The molecule has 5 N–H and O–H groups in total. The zero-order valence-corrected chi connectivity index (χ0v) is 24.8.